The molecule has 23 heavy (non-hydrogen) atoms. The van der Waals surface area contributed by atoms with Gasteiger partial charge in [-0.1, -0.05) is 36.4 Å². The molecule has 2 aromatic rings. The fraction of sp³-hybridized carbons (Fsp3) is 0.235. The van der Waals surface area contributed by atoms with Crippen molar-refractivity contribution in [1.82, 2.24) is 4.72 Å². The van der Waals surface area contributed by atoms with E-state index in [1.165, 1.54) is 26.0 Å². The average Bonchev–Trinajstić information content (AvgIpc) is 2.49. The van der Waals surface area contributed by atoms with Crippen LogP contribution >= 0.6 is 0 Å². The Labute approximate surface area is 135 Å². The Morgan fingerprint density at radius 3 is 2.26 bits per heavy atom. The first-order valence-electron chi connectivity index (χ1n) is 7.03. The minimum atomic E-state index is -4.02. The van der Waals surface area contributed by atoms with Crippen molar-refractivity contribution in [3.8, 4) is 0 Å². The first-order chi connectivity index (χ1) is 10.6. The summed E-state index contributed by atoms with van der Waals surface area (Å²) in [6, 6.07) is 12.0. The highest BCUT2D eigenvalue weighted by atomic mass is 32.2. The van der Waals surface area contributed by atoms with Gasteiger partial charge in [-0.2, -0.15) is 4.72 Å². The van der Waals surface area contributed by atoms with Crippen LogP contribution in [0.2, 0.25) is 0 Å². The van der Waals surface area contributed by atoms with Crippen molar-refractivity contribution in [1.29, 1.82) is 0 Å². The molecule has 0 amide bonds. The van der Waals surface area contributed by atoms with Crippen LogP contribution in [0.1, 0.15) is 29.8 Å². The Morgan fingerprint density at radius 2 is 1.70 bits per heavy atom. The molecule has 0 aliphatic rings. The maximum Gasteiger partial charge on any atom is 0.241 e. The molecule has 2 rings (SSSR count). The van der Waals surface area contributed by atoms with E-state index < -0.39 is 21.4 Å². The molecule has 0 radical (unpaired) electrons. The molecule has 0 saturated carbocycles. The topological polar surface area (TPSA) is 63.2 Å². The number of carbonyl (C=O) groups is 1. The van der Waals surface area contributed by atoms with Gasteiger partial charge >= 0.3 is 0 Å². The molecule has 6 heteroatoms. The molecule has 0 aromatic heterocycles. The molecule has 0 heterocycles. The molecule has 0 unspecified atom stereocenters. The van der Waals surface area contributed by atoms with E-state index in [0.29, 0.717) is 11.1 Å². The molecule has 0 aliphatic heterocycles. The number of aryl methyl sites for hydroxylation is 1. The van der Waals surface area contributed by atoms with Gasteiger partial charge in [0.05, 0.1) is 10.4 Å². The minimum absolute atomic E-state index is 0.213. The standard InChI is InChI=1S/C17H18FNO3S/c1-12-9-10-14(11-15(12)18)23(21,22)19-17(2,3)16(20)13-7-5-4-6-8-13/h4-11,19H,1-3H3. The van der Waals surface area contributed by atoms with E-state index in [1.807, 2.05) is 0 Å². The van der Waals surface area contributed by atoms with Crippen LogP contribution in [0, 0.1) is 12.7 Å². The highest BCUT2D eigenvalue weighted by Gasteiger charge is 2.33. The van der Waals surface area contributed by atoms with Crippen molar-refractivity contribution in [2.24, 2.45) is 0 Å². The Balaban J connectivity index is 2.31. The summed E-state index contributed by atoms with van der Waals surface area (Å²) in [4.78, 5) is 12.3. The first-order valence-corrected chi connectivity index (χ1v) is 8.52. The van der Waals surface area contributed by atoms with E-state index in [1.54, 1.807) is 37.3 Å². The van der Waals surface area contributed by atoms with Gasteiger partial charge in [-0.3, -0.25) is 4.79 Å². The number of benzene rings is 2. The molecule has 2 aromatic carbocycles. The largest absolute Gasteiger partial charge is 0.292 e. The Bertz CT molecular complexity index is 830. The van der Waals surface area contributed by atoms with Crippen LogP contribution in [0.25, 0.3) is 0 Å². The molecule has 0 bridgehead atoms. The van der Waals surface area contributed by atoms with Gasteiger partial charge in [-0.15, -0.1) is 0 Å². The first kappa shape index (κ1) is 17.3. The molecule has 0 spiro atoms. The third-order valence-electron chi connectivity index (χ3n) is 3.45. The number of carbonyl (C=O) groups excluding carboxylic acids is 1. The lowest BCUT2D eigenvalue weighted by molar-refractivity contribution is 0.0901. The van der Waals surface area contributed by atoms with Crippen LogP contribution in [-0.4, -0.2) is 19.7 Å². The van der Waals surface area contributed by atoms with E-state index in [2.05, 4.69) is 4.72 Å². The van der Waals surface area contributed by atoms with Crippen molar-refractivity contribution < 1.29 is 17.6 Å². The number of ketones is 1. The molecule has 1 N–H and O–H groups in total. The molecular formula is C17H18FNO3S. The zero-order chi connectivity index (χ0) is 17.3. The van der Waals surface area contributed by atoms with Gasteiger partial charge in [0.2, 0.25) is 10.0 Å². The summed E-state index contributed by atoms with van der Waals surface area (Å²) in [5.74, 6) is -0.977. The van der Waals surface area contributed by atoms with Crippen LogP contribution in [-0.2, 0) is 10.0 Å². The van der Waals surface area contributed by atoms with E-state index >= 15 is 0 Å². The zero-order valence-electron chi connectivity index (χ0n) is 13.1. The summed E-state index contributed by atoms with van der Waals surface area (Å²) >= 11 is 0. The van der Waals surface area contributed by atoms with E-state index in [-0.39, 0.29) is 10.7 Å². The number of hydrogen-bond donors (Lipinski definition) is 1. The molecule has 0 aliphatic carbocycles. The number of hydrogen-bond acceptors (Lipinski definition) is 3. The zero-order valence-corrected chi connectivity index (χ0v) is 13.9. The van der Waals surface area contributed by atoms with E-state index in [9.17, 15) is 17.6 Å². The molecule has 0 fully saturated rings. The highest BCUT2D eigenvalue weighted by Crippen LogP contribution is 2.19. The third kappa shape index (κ3) is 3.83. The fourth-order valence-corrected chi connectivity index (χ4v) is 3.52. The predicted octanol–water partition coefficient (Wildman–Crippen LogP) is 3.07. The van der Waals surface area contributed by atoms with Crippen LogP contribution in [0.3, 0.4) is 0 Å². The molecular weight excluding hydrogens is 317 g/mol. The lowest BCUT2D eigenvalue weighted by atomic mass is 9.94. The lowest BCUT2D eigenvalue weighted by Gasteiger charge is -2.24. The SMILES string of the molecule is Cc1ccc(S(=O)(=O)NC(C)(C)C(=O)c2ccccc2)cc1F. The second-order valence-corrected chi connectivity index (χ2v) is 7.52. The van der Waals surface area contributed by atoms with Gasteiger partial charge in [-0.25, -0.2) is 12.8 Å². The van der Waals surface area contributed by atoms with Gasteiger partial charge in [0.15, 0.2) is 5.78 Å². The maximum atomic E-state index is 13.6. The second kappa shape index (κ2) is 6.22. The Morgan fingerprint density at radius 1 is 1.09 bits per heavy atom. The maximum absolute atomic E-state index is 13.6. The second-order valence-electron chi connectivity index (χ2n) is 5.84. The summed E-state index contributed by atoms with van der Waals surface area (Å²) in [5.41, 5.74) is -0.611. The number of rotatable bonds is 5. The normalized spacial score (nSPS) is 12.2. The summed E-state index contributed by atoms with van der Waals surface area (Å²) < 4.78 is 40.8. The Kier molecular flexibility index (Phi) is 4.68. The fourth-order valence-electron chi connectivity index (χ4n) is 2.13. The van der Waals surface area contributed by atoms with Crippen LogP contribution in [0.15, 0.2) is 53.4 Å². The number of sulfonamides is 1. The van der Waals surface area contributed by atoms with Crippen molar-refractivity contribution in [3.05, 3.63) is 65.5 Å². The summed E-state index contributed by atoms with van der Waals surface area (Å²) in [6.45, 7) is 4.50. The van der Waals surface area contributed by atoms with Crippen molar-refractivity contribution in [2.75, 3.05) is 0 Å². The summed E-state index contributed by atoms with van der Waals surface area (Å²) in [5, 5.41) is 0. The lowest BCUT2D eigenvalue weighted by Crippen LogP contribution is -2.49. The summed E-state index contributed by atoms with van der Waals surface area (Å²) in [7, 11) is -4.02. The average molecular weight is 335 g/mol. The van der Waals surface area contributed by atoms with Crippen LogP contribution < -0.4 is 4.72 Å². The van der Waals surface area contributed by atoms with Gasteiger partial charge in [0.1, 0.15) is 5.82 Å². The Hall–Kier alpha value is -2.05. The predicted molar refractivity (Wildman–Crippen MR) is 86.3 cm³/mol. The number of halogens is 1. The van der Waals surface area contributed by atoms with Gasteiger partial charge in [-0.05, 0) is 38.5 Å². The molecule has 122 valence electrons. The smallest absolute Gasteiger partial charge is 0.241 e. The quantitative estimate of drug-likeness (QED) is 0.854. The summed E-state index contributed by atoms with van der Waals surface area (Å²) in [6.07, 6.45) is 0. The molecule has 0 saturated heterocycles. The van der Waals surface area contributed by atoms with E-state index in [4.69, 9.17) is 0 Å². The van der Waals surface area contributed by atoms with Gasteiger partial charge in [0, 0.05) is 5.56 Å². The van der Waals surface area contributed by atoms with E-state index in [0.717, 1.165) is 6.07 Å². The third-order valence-corrected chi connectivity index (χ3v) is 5.10. The van der Waals surface area contributed by atoms with Crippen LogP contribution in [0.5, 0.6) is 0 Å². The van der Waals surface area contributed by atoms with Crippen LogP contribution in [0.4, 0.5) is 4.39 Å². The molecule has 0 atom stereocenters. The molecule has 4 nitrogen and oxygen atoms in total. The highest BCUT2D eigenvalue weighted by molar-refractivity contribution is 7.89. The van der Waals surface area contributed by atoms with Gasteiger partial charge < -0.3 is 0 Å². The van der Waals surface area contributed by atoms with Crippen molar-refractivity contribution in [3.63, 3.8) is 0 Å². The number of nitrogens with one attached hydrogen (secondary N) is 1. The minimum Gasteiger partial charge on any atom is -0.292 e. The van der Waals surface area contributed by atoms with Crippen molar-refractivity contribution >= 4 is 15.8 Å². The monoisotopic (exact) mass is 335 g/mol. The van der Waals surface area contributed by atoms with Crippen molar-refractivity contribution in [2.45, 2.75) is 31.2 Å². The number of Topliss-reactive ketones (excluding diaryl/α,β-unsaturated/α-hetero) is 1. The van der Waals surface area contributed by atoms with Gasteiger partial charge in [0.25, 0.3) is 0 Å².